The Kier molecular flexibility index (Phi) is 5.53. The SMILES string of the molecule is CC(=O)c1nn(C(=O)C2CC3CN(Cc4cc(Cl)ccc4Cl)CC3C2)cc1Cl. The Morgan fingerprint density at radius 3 is 2.39 bits per heavy atom. The molecule has 2 aliphatic rings. The third-order valence-electron chi connectivity index (χ3n) is 5.81. The van der Waals surface area contributed by atoms with Crippen molar-refractivity contribution in [2.75, 3.05) is 13.1 Å². The van der Waals surface area contributed by atoms with Crippen LogP contribution in [0.1, 0.15) is 40.6 Å². The van der Waals surface area contributed by atoms with Gasteiger partial charge < -0.3 is 0 Å². The van der Waals surface area contributed by atoms with Crippen LogP contribution in [0, 0.1) is 17.8 Å². The van der Waals surface area contributed by atoms with Gasteiger partial charge >= 0.3 is 0 Å². The Bertz CT molecular complexity index is 929. The number of halogens is 3. The molecule has 1 aliphatic heterocycles. The summed E-state index contributed by atoms with van der Waals surface area (Å²) in [4.78, 5) is 26.7. The van der Waals surface area contributed by atoms with Gasteiger partial charge in [0.2, 0.25) is 5.91 Å². The highest BCUT2D eigenvalue weighted by Gasteiger charge is 2.43. The van der Waals surface area contributed by atoms with Crippen molar-refractivity contribution in [3.8, 4) is 0 Å². The molecule has 8 heteroatoms. The van der Waals surface area contributed by atoms with E-state index in [1.807, 2.05) is 12.1 Å². The van der Waals surface area contributed by atoms with Gasteiger partial charge in [-0.15, -0.1) is 0 Å². The number of carbonyl (C=O) groups is 2. The first-order valence-corrected chi connectivity index (χ1v) is 10.4. The number of benzene rings is 1. The van der Waals surface area contributed by atoms with Crippen LogP contribution in [0.5, 0.6) is 0 Å². The van der Waals surface area contributed by atoms with Crippen LogP contribution in [0.4, 0.5) is 0 Å². The molecule has 0 bridgehead atoms. The number of aromatic nitrogens is 2. The first kappa shape index (κ1) is 19.9. The third-order valence-corrected chi connectivity index (χ3v) is 6.69. The third kappa shape index (κ3) is 3.86. The first-order chi connectivity index (χ1) is 13.3. The lowest BCUT2D eigenvalue weighted by Gasteiger charge is -2.19. The molecule has 0 amide bonds. The molecule has 1 saturated heterocycles. The van der Waals surface area contributed by atoms with Gasteiger partial charge in [0.05, 0.1) is 11.2 Å². The normalized spacial score (nSPS) is 24.5. The molecular weight excluding hydrogens is 421 g/mol. The molecule has 28 heavy (non-hydrogen) atoms. The van der Waals surface area contributed by atoms with Crippen molar-refractivity contribution >= 4 is 46.5 Å². The van der Waals surface area contributed by atoms with Crippen molar-refractivity contribution < 1.29 is 9.59 Å². The zero-order chi connectivity index (χ0) is 20.0. The number of likely N-dealkylation sites (tertiary alicyclic amines) is 1. The van der Waals surface area contributed by atoms with Crippen LogP contribution < -0.4 is 0 Å². The van der Waals surface area contributed by atoms with Crippen LogP contribution in [-0.2, 0) is 6.54 Å². The average Bonchev–Trinajstić information content (AvgIpc) is 3.30. The van der Waals surface area contributed by atoms with E-state index in [4.69, 9.17) is 34.8 Å². The molecule has 1 aliphatic carbocycles. The van der Waals surface area contributed by atoms with Crippen LogP contribution in [0.15, 0.2) is 24.4 Å². The van der Waals surface area contributed by atoms with Gasteiger partial charge in [-0.3, -0.25) is 14.5 Å². The summed E-state index contributed by atoms with van der Waals surface area (Å²) in [5.74, 6) is 0.557. The van der Waals surface area contributed by atoms with Crippen LogP contribution >= 0.6 is 34.8 Å². The number of rotatable bonds is 4. The molecule has 2 atom stereocenters. The van der Waals surface area contributed by atoms with Crippen LogP contribution in [0.2, 0.25) is 15.1 Å². The Balaban J connectivity index is 1.39. The molecule has 4 rings (SSSR count). The van der Waals surface area contributed by atoms with Gasteiger partial charge in [0, 0.05) is 42.5 Å². The van der Waals surface area contributed by atoms with Gasteiger partial charge in [-0.2, -0.15) is 5.10 Å². The second kappa shape index (κ2) is 7.79. The lowest BCUT2D eigenvalue weighted by Crippen LogP contribution is -2.25. The molecule has 1 aromatic carbocycles. The second-order valence-electron chi connectivity index (χ2n) is 7.78. The summed E-state index contributed by atoms with van der Waals surface area (Å²) in [6.45, 7) is 4.04. The predicted molar refractivity (Wildman–Crippen MR) is 109 cm³/mol. The van der Waals surface area contributed by atoms with E-state index in [9.17, 15) is 9.59 Å². The van der Waals surface area contributed by atoms with E-state index in [1.54, 1.807) is 6.07 Å². The smallest absolute Gasteiger partial charge is 0.250 e. The number of Topliss-reactive ketones (excluding diaryl/α,β-unsaturated/α-hetero) is 1. The molecule has 0 N–H and O–H groups in total. The second-order valence-corrected chi connectivity index (χ2v) is 9.03. The topological polar surface area (TPSA) is 55.2 Å². The highest BCUT2D eigenvalue weighted by molar-refractivity contribution is 6.34. The number of hydrogen-bond acceptors (Lipinski definition) is 4. The Morgan fingerprint density at radius 2 is 1.79 bits per heavy atom. The molecular formula is C20H20Cl3N3O2. The average molecular weight is 441 g/mol. The highest BCUT2D eigenvalue weighted by atomic mass is 35.5. The lowest BCUT2D eigenvalue weighted by atomic mass is 10.0. The van der Waals surface area contributed by atoms with Crippen molar-refractivity contribution in [3.05, 3.63) is 50.7 Å². The summed E-state index contributed by atoms with van der Waals surface area (Å²) in [7, 11) is 0. The van der Waals surface area contributed by atoms with Gasteiger partial charge in [0.25, 0.3) is 0 Å². The minimum Gasteiger partial charge on any atom is -0.298 e. The van der Waals surface area contributed by atoms with Gasteiger partial charge in [0.1, 0.15) is 5.69 Å². The van der Waals surface area contributed by atoms with Gasteiger partial charge in [-0.25, -0.2) is 4.68 Å². The summed E-state index contributed by atoms with van der Waals surface area (Å²) < 4.78 is 1.24. The Labute approximate surface area is 178 Å². The summed E-state index contributed by atoms with van der Waals surface area (Å²) in [5.41, 5.74) is 1.18. The fourth-order valence-electron chi connectivity index (χ4n) is 4.52. The maximum absolute atomic E-state index is 12.8. The molecule has 2 unspecified atom stereocenters. The Hall–Kier alpha value is -1.40. The maximum atomic E-state index is 12.8. The van der Waals surface area contributed by atoms with Gasteiger partial charge in [0.15, 0.2) is 5.78 Å². The zero-order valence-corrected chi connectivity index (χ0v) is 17.6. The lowest BCUT2D eigenvalue weighted by molar-refractivity contribution is 0.0809. The van der Waals surface area contributed by atoms with E-state index in [0.29, 0.717) is 16.9 Å². The zero-order valence-electron chi connectivity index (χ0n) is 15.4. The molecule has 0 spiro atoms. The number of hydrogen-bond donors (Lipinski definition) is 0. The van der Waals surface area contributed by atoms with Crippen molar-refractivity contribution in [2.24, 2.45) is 17.8 Å². The van der Waals surface area contributed by atoms with Gasteiger partial charge in [-0.1, -0.05) is 34.8 Å². The van der Waals surface area contributed by atoms with E-state index < -0.39 is 0 Å². The van der Waals surface area contributed by atoms with Gasteiger partial charge in [-0.05, 0) is 48.4 Å². The monoisotopic (exact) mass is 439 g/mol. The van der Waals surface area contributed by atoms with Crippen molar-refractivity contribution in [1.29, 1.82) is 0 Å². The summed E-state index contributed by atoms with van der Waals surface area (Å²) >= 11 is 18.4. The van der Waals surface area contributed by atoms with Crippen LogP contribution in [0.25, 0.3) is 0 Å². The van der Waals surface area contributed by atoms with E-state index in [1.165, 1.54) is 17.8 Å². The predicted octanol–water partition coefficient (Wildman–Crippen LogP) is 4.84. The molecule has 5 nitrogen and oxygen atoms in total. The number of carbonyl (C=O) groups excluding carboxylic acids is 2. The molecule has 1 aromatic heterocycles. The minimum atomic E-state index is -0.241. The van der Waals surface area contributed by atoms with E-state index in [-0.39, 0.29) is 28.3 Å². The first-order valence-electron chi connectivity index (χ1n) is 9.28. The maximum Gasteiger partial charge on any atom is 0.250 e. The van der Waals surface area contributed by atoms with Crippen molar-refractivity contribution in [1.82, 2.24) is 14.7 Å². The molecule has 1 saturated carbocycles. The molecule has 0 radical (unpaired) electrons. The van der Waals surface area contributed by atoms with Crippen molar-refractivity contribution in [3.63, 3.8) is 0 Å². The molecule has 2 heterocycles. The fourth-order valence-corrected chi connectivity index (χ4v) is 5.16. The summed E-state index contributed by atoms with van der Waals surface area (Å²) in [6, 6.07) is 5.54. The van der Waals surface area contributed by atoms with E-state index >= 15 is 0 Å². The highest BCUT2D eigenvalue weighted by Crippen LogP contribution is 2.43. The summed E-state index contributed by atoms with van der Waals surface area (Å²) in [5, 5.41) is 5.73. The molecule has 2 fully saturated rings. The molecule has 148 valence electrons. The minimum absolute atomic E-state index is 0.0757. The summed E-state index contributed by atoms with van der Waals surface area (Å²) in [6.07, 6.45) is 3.11. The van der Waals surface area contributed by atoms with E-state index in [0.717, 1.165) is 43.1 Å². The number of ketones is 1. The molecule has 2 aromatic rings. The standard InChI is InChI=1S/C20H20Cl3N3O2/c1-11(27)19-18(23)10-26(24-19)20(28)12-4-13-7-25(8-14(13)5-12)9-15-6-16(21)2-3-17(15)22/h2-3,6,10,12-14H,4-5,7-9H2,1H3. The largest absolute Gasteiger partial charge is 0.298 e. The fraction of sp³-hybridized carbons (Fsp3) is 0.450. The van der Waals surface area contributed by atoms with Crippen LogP contribution in [-0.4, -0.2) is 39.5 Å². The Morgan fingerprint density at radius 1 is 1.11 bits per heavy atom. The van der Waals surface area contributed by atoms with Crippen molar-refractivity contribution in [2.45, 2.75) is 26.3 Å². The number of nitrogens with zero attached hydrogens (tertiary/aromatic N) is 3. The quantitative estimate of drug-likeness (QED) is 0.638. The van der Waals surface area contributed by atoms with Crippen LogP contribution in [0.3, 0.4) is 0 Å². The van der Waals surface area contributed by atoms with E-state index in [2.05, 4.69) is 10.00 Å². The number of fused-ring (bicyclic) bond motifs is 1.